The van der Waals surface area contributed by atoms with Gasteiger partial charge in [-0.1, -0.05) is 18.5 Å². The molecule has 0 radical (unpaired) electrons. The zero-order chi connectivity index (χ0) is 10.7. The Hall–Kier alpha value is -1.09. The van der Waals surface area contributed by atoms with Crippen LogP contribution in [0.1, 0.15) is 19.4 Å². The molecule has 0 saturated heterocycles. The number of amides is 1. The minimum Gasteiger partial charge on any atom is -0.325 e. The van der Waals surface area contributed by atoms with E-state index in [1.807, 2.05) is 6.92 Å². The van der Waals surface area contributed by atoms with E-state index in [1.54, 1.807) is 0 Å². The van der Waals surface area contributed by atoms with Gasteiger partial charge in [-0.25, -0.2) is 4.39 Å². The quantitative estimate of drug-likeness (QED) is 0.808. The monoisotopic (exact) mass is 215 g/mol. The fourth-order valence-electron chi connectivity index (χ4n) is 1.14. The summed E-state index contributed by atoms with van der Waals surface area (Å²) in [6.45, 7) is 3.19. The van der Waals surface area contributed by atoms with Gasteiger partial charge in [0.15, 0.2) is 0 Å². The third-order valence-corrected chi connectivity index (χ3v) is 2.14. The van der Waals surface area contributed by atoms with Gasteiger partial charge in [0.25, 0.3) is 0 Å². The highest BCUT2D eigenvalue weighted by Crippen LogP contribution is 2.25. The maximum absolute atomic E-state index is 13.3. The molecule has 0 atom stereocenters. The molecule has 1 aromatic carbocycles. The summed E-state index contributed by atoms with van der Waals surface area (Å²) in [5.41, 5.74) is 0.859. The number of halogens is 2. The Kier molecular flexibility index (Phi) is 3.47. The molecule has 0 unspecified atom stereocenters. The smallest absolute Gasteiger partial charge is 0.221 e. The van der Waals surface area contributed by atoms with Gasteiger partial charge in [0.1, 0.15) is 5.82 Å². The van der Waals surface area contributed by atoms with Gasteiger partial charge in [0.05, 0.1) is 10.7 Å². The van der Waals surface area contributed by atoms with Gasteiger partial charge in [-0.05, 0) is 24.1 Å². The molecule has 0 heterocycles. The molecule has 0 spiro atoms. The first-order valence-corrected chi connectivity index (χ1v) is 4.68. The van der Waals surface area contributed by atoms with Crippen molar-refractivity contribution < 1.29 is 9.18 Å². The lowest BCUT2D eigenvalue weighted by Crippen LogP contribution is -2.07. The van der Waals surface area contributed by atoms with Crippen molar-refractivity contribution in [3.05, 3.63) is 28.5 Å². The van der Waals surface area contributed by atoms with Gasteiger partial charge in [0, 0.05) is 6.92 Å². The standard InChI is InChI=1S/C10H11ClFNO/c1-3-7-4-8(11)10(5-9(7)12)13-6(2)14/h4-5H,3H2,1-2H3,(H,13,14). The number of hydrogen-bond acceptors (Lipinski definition) is 1. The number of hydrogen-bond donors (Lipinski definition) is 1. The molecule has 0 aromatic heterocycles. The van der Waals surface area contributed by atoms with Gasteiger partial charge in [-0.15, -0.1) is 0 Å². The molecule has 76 valence electrons. The van der Waals surface area contributed by atoms with Crippen molar-refractivity contribution in [1.29, 1.82) is 0 Å². The van der Waals surface area contributed by atoms with Gasteiger partial charge >= 0.3 is 0 Å². The van der Waals surface area contributed by atoms with Crippen LogP contribution in [0.5, 0.6) is 0 Å². The van der Waals surface area contributed by atoms with Crippen molar-refractivity contribution in [3.8, 4) is 0 Å². The Labute approximate surface area is 87.1 Å². The van der Waals surface area contributed by atoms with E-state index in [9.17, 15) is 9.18 Å². The van der Waals surface area contributed by atoms with Gasteiger partial charge in [0.2, 0.25) is 5.91 Å². The summed E-state index contributed by atoms with van der Waals surface area (Å²) in [6.07, 6.45) is 0.575. The van der Waals surface area contributed by atoms with Gasteiger partial charge < -0.3 is 5.32 Å². The molecule has 0 aliphatic heterocycles. The summed E-state index contributed by atoms with van der Waals surface area (Å²) >= 11 is 5.84. The average Bonchev–Trinajstić information content (AvgIpc) is 2.10. The molecule has 2 nitrogen and oxygen atoms in total. The largest absolute Gasteiger partial charge is 0.325 e. The van der Waals surface area contributed by atoms with E-state index in [0.717, 1.165) is 0 Å². The molecule has 0 aliphatic carbocycles. The molecule has 1 N–H and O–H groups in total. The highest BCUT2D eigenvalue weighted by molar-refractivity contribution is 6.33. The minimum atomic E-state index is -0.347. The van der Waals surface area contributed by atoms with Crippen LogP contribution in [0.3, 0.4) is 0 Å². The van der Waals surface area contributed by atoms with Crippen LogP contribution in [0, 0.1) is 5.82 Å². The second kappa shape index (κ2) is 4.42. The van der Waals surface area contributed by atoms with E-state index in [0.29, 0.717) is 22.7 Å². The molecule has 1 aromatic rings. The molecule has 0 saturated carbocycles. The Balaban J connectivity index is 3.08. The minimum absolute atomic E-state index is 0.268. The van der Waals surface area contributed by atoms with Crippen LogP contribution in [0.25, 0.3) is 0 Å². The number of anilines is 1. The second-order valence-corrected chi connectivity index (χ2v) is 3.37. The predicted molar refractivity (Wildman–Crippen MR) is 55.1 cm³/mol. The number of rotatable bonds is 2. The highest BCUT2D eigenvalue weighted by atomic mass is 35.5. The zero-order valence-electron chi connectivity index (χ0n) is 8.03. The molecule has 0 fully saturated rings. The first-order chi connectivity index (χ1) is 6.54. The van der Waals surface area contributed by atoms with Crippen LogP contribution < -0.4 is 5.32 Å². The summed E-state index contributed by atoms with van der Waals surface area (Å²) in [4.78, 5) is 10.7. The van der Waals surface area contributed by atoms with Crippen molar-refractivity contribution in [2.24, 2.45) is 0 Å². The lowest BCUT2D eigenvalue weighted by molar-refractivity contribution is -0.114. The molecule has 1 amide bonds. The molecule has 0 aliphatic rings. The van der Waals surface area contributed by atoms with Crippen molar-refractivity contribution in [2.75, 3.05) is 5.32 Å². The Morgan fingerprint density at radius 3 is 2.71 bits per heavy atom. The summed E-state index contributed by atoms with van der Waals surface area (Å²) in [6, 6.07) is 2.77. The van der Waals surface area contributed by atoms with Crippen molar-refractivity contribution in [2.45, 2.75) is 20.3 Å². The maximum Gasteiger partial charge on any atom is 0.221 e. The highest BCUT2D eigenvalue weighted by Gasteiger charge is 2.07. The first kappa shape index (κ1) is 11.0. The van der Waals surface area contributed by atoms with Crippen LogP contribution in [-0.4, -0.2) is 5.91 Å². The number of nitrogens with one attached hydrogen (secondary N) is 1. The summed E-state index contributed by atoms with van der Waals surface area (Å²) in [7, 11) is 0. The number of benzene rings is 1. The third kappa shape index (κ3) is 2.45. The lowest BCUT2D eigenvalue weighted by Gasteiger charge is -2.07. The maximum atomic E-state index is 13.3. The van der Waals surface area contributed by atoms with E-state index >= 15 is 0 Å². The van der Waals surface area contributed by atoms with Crippen LogP contribution in [0.4, 0.5) is 10.1 Å². The summed E-state index contributed by atoms with van der Waals surface area (Å²) in [5, 5.41) is 2.81. The lowest BCUT2D eigenvalue weighted by atomic mass is 10.1. The van der Waals surface area contributed by atoms with Crippen molar-refractivity contribution >= 4 is 23.2 Å². The molecular weight excluding hydrogens is 205 g/mol. The fourth-order valence-corrected chi connectivity index (χ4v) is 1.38. The van der Waals surface area contributed by atoms with E-state index in [1.165, 1.54) is 19.1 Å². The van der Waals surface area contributed by atoms with Crippen molar-refractivity contribution in [3.63, 3.8) is 0 Å². The molecule has 4 heteroatoms. The van der Waals surface area contributed by atoms with Crippen molar-refractivity contribution in [1.82, 2.24) is 0 Å². The van der Waals surface area contributed by atoms with Gasteiger partial charge in [-0.2, -0.15) is 0 Å². The van der Waals surface area contributed by atoms with E-state index < -0.39 is 0 Å². The van der Waals surface area contributed by atoms with Crippen LogP contribution >= 0.6 is 11.6 Å². The van der Waals surface area contributed by atoms with E-state index in [-0.39, 0.29) is 11.7 Å². The van der Waals surface area contributed by atoms with Gasteiger partial charge in [-0.3, -0.25) is 4.79 Å². The SMILES string of the molecule is CCc1cc(Cl)c(NC(C)=O)cc1F. The Bertz CT molecular complexity index is 365. The topological polar surface area (TPSA) is 29.1 Å². The number of carbonyl (C=O) groups is 1. The van der Waals surface area contributed by atoms with Crippen LogP contribution in [-0.2, 0) is 11.2 Å². The third-order valence-electron chi connectivity index (χ3n) is 1.83. The van der Waals surface area contributed by atoms with Crippen LogP contribution in [0.15, 0.2) is 12.1 Å². The Morgan fingerprint density at radius 1 is 1.57 bits per heavy atom. The predicted octanol–water partition coefficient (Wildman–Crippen LogP) is 3.00. The molecular formula is C10H11ClFNO. The second-order valence-electron chi connectivity index (χ2n) is 2.96. The molecule has 14 heavy (non-hydrogen) atoms. The molecule has 1 rings (SSSR count). The van der Waals surface area contributed by atoms with Crippen LogP contribution in [0.2, 0.25) is 5.02 Å². The zero-order valence-corrected chi connectivity index (χ0v) is 8.78. The first-order valence-electron chi connectivity index (χ1n) is 4.30. The summed E-state index contributed by atoms with van der Waals surface area (Å²) in [5.74, 6) is -0.615. The summed E-state index contributed by atoms with van der Waals surface area (Å²) < 4.78 is 13.3. The fraction of sp³-hybridized carbons (Fsp3) is 0.300. The number of aryl methyl sites for hydroxylation is 1. The van der Waals surface area contributed by atoms with E-state index in [4.69, 9.17) is 11.6 Å². The normalized spacial score (nSPS) is 10.0. The number of carbonyl (C=O) groups excluding carboxylic acids is 1. The Morgan fingerprint density at radius 2 is 2.21 bits per heavy atom. The molecule has 0 bridgehead atoms. The average molecular weight is 216 g/mol. The van der Waals surface area contributed by atoms with E-state index in [2.05, 4.69) is 5.32 Å².